The Morgan fingerprint density at radius 1 is 1.53 bits per heavy atom. The molecule has 0 aliphatic heterocycles. The first-order valence-corrected chi connectivity index (χ1v) is 4.42. The van der Waals surface area contributed by atoms with E-state index in [1.807, 2.05) is 6.07 Å². The molecule has 0 aliphatic rings. The van der Waals surface area contributed by atoms with Crippen molar-refractivity contribution in [2.45, 2.75) is 6.92 Å². The smallest absolute Gasteiger partial charge is 0.371 e. The molecule has 4 heteroatoms. The summed E-state index contributed by atoms with van der Waals surface area (Å²) in [5, 5.41) is 8.76. The van der Waals surface area contributed by atoms with E-state index in [0.29, 0.717) is 5.76 Å². The van der Waals surface area contributed by atoms with E-state index in [2.05, 4.69) is 4.98 Å². The summed E-state index contributed by atoms with van der Waals surface area (Å²) in [6.45, 7) is 1.80. The Labute approximate surface area is 86.2 Å². The largest absolute Gasteiger partial charge is 0.475 e. The van der Waals surface area contributed by atoms with Crippen molar-refractivity contribution in [3.8, 4) is 11.3 Å². The van der Waals surface area contributed by atoms with Gasteiger partial charge in [0.25, 0.3) is 0 Å². The van der Waals surface area contributed by atoms with Crippen LogP contribution in [0.5, 0.6) is 0 Å². The molecule has 0 aliphatic carbocycles. The molecule has 0 unspecified atom stereocenters. The summed E-state index contributed by atoms with van der Waals surface area (Å²) in [7, 11) is 0. The number of carboxylic acid groups (broad SMARTS) is 1. The minimum Gasteiger partial charge on any atom is -0.475 e. The van der Waals surface area contributed by atoms with E-state index in [1.54, 1.807) is 25.4 Å². The molecule has 0 aromatic carbocycles. The molecule has 0 amide bonds. The van der Waals surface area contributed by atoms with Crippen molar-refractivity contribution < 1.29 is 14.3 Å². The van der Waals surface area contributed by atoms with Gasteiger partial charge in [0.15, 0.2) is 0 Å². The van der Waals surface area contributed by atoms with Crippen LogP contribution in [0.2, 0.25) is 0 Å². The molecule has 4 nitrogen and oxygen atoms in total. The molecule has 0 saturated heterocycles. The Balaban J connectivity index is 2.50. The van der Waals surface area contributed by atoms with Gasteiger partial charge in [-0.1, -0.05) is 0 Å². The van der Waals surface area contributed by atoms with E-state index in [4.69, 9.17) is 9.52 Å². The van der Waals surface area contributed by atoms with Gasteiger partial charge in [-0.25, -0.2) is 4.79 Å². The summed E-state index contributed by atoms with van der Waals surface area (Å²) in [4.78, 5) is 14.6. The fourth-order valence-corrected chi connectivity index (χ4v) is 1.37. The van der Waals surface area contributed by atoms with Gasteiger partial charge in [0.05, 0.1) is 0 Å². The Morgan fingerprint density at radius 3 is 2.87 bits per heavy atom. The van der Waals surface area contributed by atoms with Crippen LogP contribution >= 0.6 is 0 Å². The van der Waals surface area contributed by atoms with Crippen LogP contribution in [-0.2, 0) is 0 Å². The van der Waals surface area contributed by atoms with Crippen LogP contribution in [0.25, 0.3) is 11.3 Å². The standard InChI is InChI=1S/C11H9NO3/c1-7-5-9(11(13)14)15-10(7)8-3-2-4-12-6-8/h2-6H,1H3,(H,13,14). The number of hydrogen-bond donors (Lipinski definition) is 1. The summed E-state index contributed by atoms with van der Waals surface area (Å²) in [6.07, 6.45) is 3.29. The zero-order valence-corrected chi connectivity index (χ0v) is 8.10. The molecule has 1 N–H and O–H groups in total. The number of aromatic carboxylic acids is 1. The fraction of sp³-hybridized carbons (Fsp3) is 0.0909. The van der Waals surface area contributed by atoms with Gasteiger partial charge in [0, 0.05) is 18.0 Å². The van der Waals surface area contributed by atoms with Crippen LogP contribution in [0, 0.1) is 6.92 Å². The number of aryl methyl sites for hydroxylation is 1. The Morgan fingerprint density at radius 2 is 2.33 bits per heavy atom. The predicted molar refractivity (Wildman–Crippen MR) is 53.6 cm³/mol. The van der Waals surface area contributed by atoms with Crippen LogP contribution < -0.4 is 0 Å². The monoisotopic (exact) mass is 203 g/mol. The maximum Gasteiger partial charge on any atom is 0.371 e. The highest BCUT2D eigenvalue weighted by molar-refractivity contribution is 5.85. The second-order valence-electron chi connectivity index (χ2n) is 3.17. The van der Waals surface area contributed by atoms with Gasteiger partial charge in [-0.3, -0.25) is 4.98 Å². The van der Waals surface area contributed by atoms with Crippen molar-refractivity contribution in [2.24, 2.45) is 0 Å². The Bertz CT molecular complexity index is 488. The lowest BCUT2D eigenvalue weighted by Crippen LogP contribution is -1.91. The average molecular weight is 203 g/mol. The number of furan rings is 1. The molecule has 15 heavy (non-hydrogen) atoms. The van der Waals surface area contributed by atoms with Crippen LogP contribution in [-0.4, -0.2) is 16.1 Å². The summed E-state index contributed by atoms with van der Waals surface area (Å²) < 4.78 is 5.22. The number of hydrogen-bond acceptors (Lipinski definition) is 3. The van der Waals surface area contributed by atoms with Gasteiger partial charge in [-0.15, -0.1) is 0 Å². The molecule has 2 aromatic heterocycles. The van der Waals surface area contributed by atoms with Crippen LogP contribution in [0.15, 0.2) is 35.0 Å². The maximum absolute atomic E-state index is 10.7. The summed E-state index contributed by atoms with van der Waals surface area (Å²) >= 11 is 0. The van der Waals surface area contributed by atoms with Gasteiger partial charge < -0.3 is 9.52 Å². The van der Waals surface area contributed by atoms with Crippen molar-refractivity contribution in [1.82, 2.24) is 4.98 Å². The second-order valence-corrected chi connectivity index (χ2v) is 3.17. The first kappa shape index (κ1) is 9.45. The quantitative estimate of drug-likeness (QED) is 0.813. The molecule has 0 atom stereocenters. The van der Waals surface area contributed by atoms with Gasteiger partial charge in [-0.2, -0.15) is 0 Å². The highest BCUT2D eigenvalue weighted by Gasteiger charge is 2.14. The molecule has 0 bridgehead atoms. The maximum atomic E-state index is 10.7. The van der Waals surface area contributed by atoms with E-state index in [1.165, 1.54) is 6.07 Å². The third-order valence-electron chi connectivity index (χ3n) is 2.05. The van der Waals surface area contributed by atoms with Crippen molar-refractivity contribution in [3.63, 3.8) is 0 Å². The Hall–Kier alpha value is -2.10. The first-order chi connectivity index (χ1) is 7.18. The van der Waals surface area contributed by atoms with Gasteiger partial charge in [-0.05, 0) is 30.7 Å². The van der Waals surface area contributed by atoms with E-state index >= 15 is 0 Å². The second kappa shape index (κ2) is 3.57. The summed E-state index contributed by atoms with van der Waals surface area (Å²) in [6, 6.07) is 5.10. The summed E-state index contributed by atoms with van der Waals surface area (Å²) in [5.74, 6) is -0.555. The van der Waals surface area contributed by atoms with E-state index in [-0.39, 0.29) is 5.76 Å². The van der Waals surface area contributed by atoms with Crippen LogP contribution in [0.4, 0.5) is 0 Å². The molecule has 2 aromatic rings. The molecule has 0 spiro atoms. The van der Waals surface area contributed by atoms with Crippen molar-refractivity contribution in [3.05, 3.63) is 41.9 Å². The lowest BCUT2D eigenvalue weighted by Gasteiger charge is -1.96. The minimum atomic E-state index is -1.06. The average Bonchev–Trinajstić information content (AvgIpc) is 2.62. The molecule has 2 rings (SSSR count). The van der Waals surface area contributed by atoms with E-state index in [9.17, 15) is 4.79 Å². The molecule has 0 radical (unpaired) electrons. The zero-order chi connectivity index (χ0) is 10.8. The molecular weight excluding hydrogens is 194 g/mol. The summed E-state index contributed by atoms with van der Waals surface area (Å²) in [5.41, 5.74) is 1.57. The number of aromatic nitrogens is 1. The highest BCUT2D eigenvalue weighted by Crippen LogP contribution is 2.25. The van der Waals surface area contributed by atoms with Gasteiger partial charge >= 0.3 is 5.97 Å². The van der Waals surface area contributed by atoms with Crippen molar-refractivity contribution >= 4 is 5.97 Å². The topological polar surface area (TPSA) is 63.3 Å². The van der Waals surface area contributed by atoms with E-state index in [0.717, 1.165) is 11.1 Å². The third-order valence-corrected chi connectivity index (χ3v) is 2.05. The minimum absolute atomic E-state index is 0.0497. The van der Waals surface area contributed by atoms with Gasteiger partial charge in [0.2, 0.25) is 5.76 Å². The molecule has 76 valence electrons. The van der Waals surface area contributed by atoms with Crippen molar-refractivity contribution in [2.75, 3.05) is 0 Å². The first-order valence-electron chi connectivity index (χ1n) is 4.42. The molecule has 0 fully saturated rings. The highest BCUT2D eigenvalue weighted by atomic mass is 16.4. The lowest BCUT2D eigenvalue weighted by molar-refractivity contribution is 0.0663. The zero-order valence-electron chi connectivity index (χ0n) is 8.10. The lowest BCUT2D eigenvalue weighted by atomic mass is 10.1. The van der Waals surface area contributed by atoms with Crippen LogP contribution in [0.1, 0.15) is 16.1 Å². The number of rotatable bonds is 2. The predicted octanol–water partition coefficient (Wildman–Crippen LogP) is 2.35. The van der Waals surface area contributed by atoms with Crippen LogP contribution in [0.3, 0.4) is 0 Å². The molecule has 0 saturated carbocycles. The Kier molecular flexibility index (Phi) is 2.25. The fourth-order valence-electron chi connectivity index (χ4n) is 1.37. The number of pyridine rings is 1. The third kappa shape index (κ3) is 1.74. The van der Waals surface area contributed by atoms with Crippen molar-refractivity contribution in [1.29, 1.82) is 0 Å². The molecular formula is C11H9NO3. The normalized spacial score (nSPS) is 10.2. The number of nitrogens with zero attached hydrogens (tertiary/aromatic N) is 1. The van der Waals surface area contributed by atoms with E-state index < -0.39 is 5.97 Å². The van der Waals surface area contributed by atoms with Gasteiger partial charge in [0.1, 0.15) is 5.76 Å². The number of carboxylic acids is 1. The number of carbonyl (C=O) groups is 1. The SMILES string of the molecule is Cc1cc(C(=O)O)oc1-c1cccnc1. The molecule has 2 heterocycles.